The van der Waals surface area contributed by atoms with Crippen LogP contribution in [0.4, 0.5) is 0 Å². The number of aliphatic carboxylic acids is 1. The third-order valence-corrected chi connectivity index (χ3v) is 7.60. The number of hydrogen-bond donors (Lipinski definition) is 4. The fraction of sp³-hybridized carbons (Fsp3) is 0.389. The van der Waals surface area contributed by atoms with E-state index in [4.69, 9.17) is 4.74 Å². The Morgan fingerprint density at radius 3 is 2.22 bits per heavy atom. The number of carboxylic acids is 1. The zero-order valence-electron chi connectivity index (χ0n) is 26.7. The molecule has 0 aliphatic rings. The highest BCUT2D eigenvalue weighted by atomic mass is 16.6. The molecule has 0 aliphatic heterocycles. The summed E-state index contributed by atoms with van der Waals surface area (Å²) >= 11 is 0. The van der Waals surface area contributed by atoms with Gasteiger partial charge in [-0.1, -0.05) is 94.5 Å². The van der Waals surface area contributed by atoms with Crippen molar-refractivity contribution in [3.8, 4) is 5.75 Å². The second kappa shape index (κ2) is 17.6. The van der Waals surface area contributed by atoms with Crippen LogP contribution in [0.5, 0.6) is 5.75 Å². The first-order valence-corrected chi connectivity index (χ1v) is 15.1. The van der Waals surface area contributed by atoms with E-state index in [1.807, 2.05) is 44.2 Å². The number of carboxylic acid groups (broad SMARTS) is 1. The number of amides is 2. The molecule has 0 spiro atoms. The first-order chi connectivity index (χ1) is 21.2. The van der Waals surface area contributed by atoms with E-state index in [0.29, 0.717) is 12.0 Å². The minimum Gasteiger partial charge on any atom is -0.508 e. The number of carbonyl (C=O) groups excluding carboxylic acids is 3. The van der Waals surface area contributed by atoms with Crippen LogP contribution in [-0.2, 0) is 23.9 Å². The predicted octanol–water partition coefficient (Wildman–Crippen LogP) is 5.83. The second-order valence-corrected chi connectivity index (χ2v) is 12.0. The molecule has 45 heavy (non-hydrogen) atoms. The van der Waals surface area contributed by atoms with E-state index in [-0.39, 0.29) is 36.5 Å². The molecule has 0 aliphatic carbocycles. The van der Waals surface area contributed by atoms with Gasteiger partial charge in [-0.2, -0.15) is 0 Å². The van der Waals surface area contributed by atoms with Gasteiger partial charge in [-0.25, -0.2) is 4.79 Å². The summed E-state index contributed by atoms with van der Waals surface area (Å²) in [5, 5.41) is 24.6. The van der Waals surface area contributed by atoms with E-state index >= 15 is 0 Å². The molecule has 0 aromatic heterocycles. The number of nitrogens with one attached hydrogen (secondary N) is 2. The van der Waals surface area contributed by atoms with Crippen LogP contribution in [-0.4, -0.2) is 46.6 Å². The van der Waals surface area contributed by atoms with E-state index in [1.165, 1.54) is 43.3 Å². The van der Waals surface area contributed by atoms with Crippen molar-refractivity contribution in [1.82, 2.24) is 10.6 Å². The molecule has 2 rings (SSSR count). The van der Waals surface area contributed by atoms with Crippen LogP contribution in [0.25, 0.3) is 6.08 Å². The third-order valence-electron chi connectivity index (χ3n) is 7.60. The summed E-state index contributed by atoms with van der Waals surface area (Å²) in [5.41, 5.74) is 0.0858. The summed E-state index contributed by atoms with van der Waals surface area (Å²) in [5.74, 6) is -2.74. The SMILES string of the molecule is C=C[C@@](C)(CNC(=O)[C@H](NC(=O)/C=C/C[C@H](C)[C@H](C)/C=C/c1ccccc1)c1ccc(O)cc1)C(=O)O[C@@H](CC(C)C)C(=O)O. The van der Waals surface area contributed by atoms with Gasteiger partial charge in [0, 0.05) is 6.54 Å². The van der Waals surface area contributed by atoms with Crippen LogP contribution in [0.2, 0.25) is 0 Å². The monoisotopic (exact) mass is 618 g/mol. The highest BCUT2D eigenvalue weighted by molar-refractivity contribution is 5.93. The summed E-state index contributed by atoms with van der Waals surface area (Å²) in [6, 6.07) is 14.7. The number of phenolic OH excluding ortho intramolecular Hbond substituents is 1. The maximum absolute atomic E-state index is 13.4. The fourth-order valence-corrected chi connectivity index (χ4v) is 4.27. The second-order valence-electron chi connectivity index (χ2n) is 12.0. The van der Waals surface area contributed by atoms with Gasteiger partial charge in [0.05, 0.1) is 0 Å². The summed E-state index contributed by atoms with van der Waals surface area (Å²) in [4.78, 5) is 50.9. The van der Waals surface area contributed by atoms with Crippen LogP contribution in [0, 0.1) is 23.2 Å². The lowest BCUT2D eigenvalue weighted by atomic mass is 9.90. The Hall–Kier alpha value is -4.66. The smallest absolute Gasteiger partial charge is 0.345 e. The number of benzene rings is 2. The van der Waals surface area contributed by atoms with Crippen LogP contribution in [0.15, 0.2) is 85.5 Å². The molecule has 0 radical (unpaired) electrons. The summed E-state index contributed by atoms with van der Waals surface area (Å²) in [6.45, 7) is 12.7. The zero-order valence-corrected chi connectivity index (χ0v) is 26.7. The predicted molar refractivity (Wildman–Crippen MR) is 175 cm³/mol. The molecular weight excluding hydrogens is 572 g/mol. The van der Waals surface area contributed by atoms with Crippen molar-refractivity contribution in [3.63, 3.8) is 0 Å². The van der Waals surface area contributed by atoms with Gasteiger partial charge in [0.15, 0.2) is 6.10 Å². The maximum atomic E-state index is 13.4. The van der Waals surface area contributed by atoms with Crippen molar-refractivity contribution < 1.29 is 34.1 Å². The van der Waals surface area contributed by atoms with Gasteiger partial charge in [0.2, 0.25) is 11.8 Å². The van der Waals surface area contributed by atoms with Gasteiger partial charge in [-0.05, 0) is 66.9 Å². The van der Waals surface area contributed by atoms with Crippen molar-refractivity contribution in [3.05, 3.63) is 96.6 Å². The first kappa shape index (κ1) is 36.5. The van der Waals surface area contributed by atoms with Crippen molar-refractivity contribution in [2.75, 3.05) is 6.54 Å². The molecule has 9 nitrogen and oxygen atoms in total. The van der Waals surface area contributed by atoms with Crippen molar-refractivity contribution in [2.24, 2.45) is 23.2 Å². The van der Waals surface area contributed by atoms with E-state index < -0.39 is 41.3 Å². The summed E-state index contributed by atoms with van der Waals surface area (Å²) in [7, 11) is 0. The van der Waals surface area contributed by atoms with Gasteiger partial charge >= 0.3 is 11.9 Å². The minimum absolute atomic E-state index is 0.00934. The van der Waals surface area contributed by atoms with E-state index in [2.05, 4.69) is 43.2 Å². The van der Waals surface area contributed by atoms with E-state index in [1.54, 1.807) is 6.08 Å². The molecule has 0 saturated heterocycles. The lowest BCUT2D eigenvalue weighted by molar-refractivity contribution is -0.170. The maximum Gasteiger partial charge on any atom is 0.345 e. The molecule has 0 heterocycles. The molecule has 4 N–H and O–H groups in total. The average molecular weight is 619 g/mol. The Labute approximate surface area is 266 Å². The van der Waals surface area contributed by atoms with E-state index in [0.717, 1.165) is 5.56 Å². The van der Waals surface area contributed by atoms with Gasteiger partial charge in [-0.3, -0.25) is 14.4 Å². The van der Waals surface area contributed by atoms with Crippen LogP contribution in [0.1, 0.15) is 64.6 Å². The van der Waals surface area contributed by atoms with Gasteiger partial charge in [0.25, 0.3) is 0 Å². The lowest BCUT2D eigenvalue weighted by Gasteiger charge is -2.27. The number of carbonyl (C=O) groups is 4. The highest BCUT2D eigenvalue weighted by Gasteiger charge is 2.36. The first-order valence-electron chi connectivity index (χ1n) is 15.1. The average Bonchev–Trinajstić information content (AvgIpc) is 3.01. The molecule has 5 atom stereocenters. The molecular formula is C36H46N2O7. The number of allylic oxidation sites excluding steroid dienone is 2. The number of esters is 1. The molecule has 0 saturated carbocycles. The molecule has 0 fully saturated rings. The van der Waals surface area contributed by atoms with Gasteiger partial charge in [0.1, 0.15) is 17.2 Å². The third kappa shape index (κ3) is 12.1. The molecule has 242 valence electrons. The van der Waals surface area contributed by atoms with Crippen LogP contribution < -0.4 is 10.6 Å². The number of aromatic hydroxyl groups is 1. The number of rotatable bonds is 17. The Morgan fingerprint density at radius 2 is 1.64 bits per heavy atom. The number of hydrogen-bond acceptors (Lipinski definition) is 6. The highest BCUT2D eigenvalue weighted by Crippen LogP contribution is 2.24. The molecule has 2 amide bonds. The molecule has 9 heteroatoms. The Morgan fingerprint density at radius 1 is 1.00 bits per heavy atom. The molecule has 2 aromatic carbocycles. The normalized spacial score (nSPS) is 15.5. The Kier molecular flexibility index (Phi) is 14.3. The van der Waals surface area contributed by atoms with Crippen molar-refractivity contribution in [1.29, 1.82) is 0 Å². The largest absolute Gasteiger partial charge is 0.508 e. The fourth-order valence-electron chi connectivity index (χ4n) is 4.27. The number of phenols is 1. The van der Waals surface area contributed by atoms with Gasteiger partial charge in [-0.15, -0.1) is 6.58 Å². The van der Waals surface area contributed by atoms with Gasteiger partial charge < -0.3 is 25.6 Å². The Bertz CT molecular complexity index is 1350. The topological polar surface area (TPSA) is 142 Å². The lowest BCUT2D eigenvalue weighted by Crippen LogP contribution is -2.46. The minimum atomic E-state index is -1.44. The quantitative estimate of drug-likeness (QED) is 0.0992. The van der Waals surface area contributed by atoms with Crippen LogP contribution in [0.3, 0.4) is 0 Å². The van der Waals surface area contributed by atoms with E-state index in [9.17, 15) is 29.4 Å². The summed E-state index contributed by atoms with van der Waals surface area (Å²) in [6.07, 6.45) is 8.08. The molecule has 0 bridgehead atoms. The van der Waals surface area contributed by atoms with Crippen LogP contribution >= 0.6 is 0 Å². The number of ether oxygens (including phenoxy) is 1. The molecule has 2 aromatic rings. The summed E-state index contributed by atoms with van der Waals surface area (Å²) < 4.78 is 5.28. The Balaban J connectivity index is 2.09. The van der Waals surface area contributed by atoms with Crippen molar-refractivity contribution >= 4 is 29.8 Å². The molecule has 0 unspecified atom stereocenters. The standard InChI is InChI=1S/C36H46N2O7/c1-7-36(6,35(44)45-30(34(42)43)22-24(2)3)23-37-33(41)32(28-18-20-29(39)21-19-28)38-31(40)15-11-12-25(4)26(5)16-17-27-13-9-8-10-14-27/h7-11,13-21,24-26,30,32,39H,1,12,22-23H2,2-6H3,(H,37,41)(H,38,40)(H,42,43)/b15-11+,17-16+/t25-,26+,30-,32+,36-/m0/s1. The van der Waals surface area contributed by atoms with Crippen molar-refractivity contribution in [2.45, 2.75) is 59.6 Å². The zero-order chi connectivity index (χ0) is 33.6.